The van der Waals surface area contributed by atoms with Crippen molar-refractivity contribution in [3.8, 4) is 0 Å². The lowest BCUT2D eigenvalue weighted by Crippen LogP contribution is -2.30. The molecule has 26 heavy (non-hydrogen) atoms. The summed E-state index contributed by atoms with van der Waals surface area (Å²) in [6.07, 6.45) is 4.30. The number of nitrogen functional groups attached to an aromatic ring is 1. The second-order valence-electron chi connectivity index (χ2n) is 6.55. The van der Waals surface area contributed by atoms with Gasteiger partial charge in [0.15, 0.2) is 5.78 Å². The van der Waals surface area contributed by atoms with Crippen molar-refractivity contribution in [2.24, 2.45) is 0 Å². The fraction of sp³-hybridized carbons (Fsp3) is 0.316. The maximum atomic E-state index is 12.5. The first kappa shape index (κ1) is 18.9. The summed E-state index contributed by atoms with van der Waals surface area (Å²) in [6, 6.07) is 11.7. The standard InChI is InChI=1S/C19H21BrN2O3S/c20-15-9-6-13(7-10-15)19(23)14-8-11-18(17(21)12-14)22-26(24,25)16-4-2-1-3-5-16/h6-12,16,22H,1-5,21H2. The Morgan fingerprint density at radius 1 is 1.00 bits per heavy atom. The Kier molecular flexibility index (Phi) is 5.67. The van der Waals surface area contributed by atoms with E-state index in [-0.39, 0.29) is 16.7 Å². The summed E-state index contributed by atoms with van der Waals surface area (Å²) in [5, 5.41) is -0.375. The van der Waals surface area contributed by atoms with Crippen LogP contribution in [0, 0.1) is 0 Å². The molecule has 0 heterocycles. The molecule has 0 aliphatic heterocycles. The van der Waals surface area contributed by atoms with E-state index in [1.54, 1.807) is 36.4 Å². The van der Waals surface area contributed by atoms with Gasteiger partial charge in [0, 0.05) is 15.6 Å². The number of nitrogens with one attached hydrogen (secondary N) is 1. The smallest absolute Gasteiger partial charge is 0.235 e. The van der Waals surface area contributed by atoms with E-state index in [2.05, 4.69) is 20.7 Å². The molecule has 1 fully saturated rings. The number of hydrogen-bond donors (Lipinski definition) is 2. The van der Waals surface area contributed by atoms with Gasteiger partial charge in [-0.2, -0.15) is 0 Å². The average Bonchev–Trinajstić information content (AvgIpc) is 2.64. The lowest BCUT2D eigenvalue weighted by molar-refractivity contribution is 0.103. The third kappa shape index (κ3) is 4.27. The van der Waals surface area contributed by atoms with Crippen molar-refractivity contribution in [3.05, 3.63) is 58.1 Å². The Bertz CT molecular complexity index is 905. The first-order chi connectivity index (χ1) is 12.4. The van der Waals surface area contributed by atoms with Crippen LogP contribution in [-0.2, 0) is 10.0 Å². The van der Waals surface area contributed by atoms with Gasteiger partial charge in [-0.25, -0.2) is 8.42 Å². The maximum Gasteiger partial charge on any atom is 0.235 e. The zero-order valence-corrected chi connectivity index (χ0v) is 16.6. The Morgan fingerprint density at radius 3 is 2.23 bits per heavy atom. The van der Waals surface area contributed by atoms with E-state index in [4.69, 9.17) is 5.73 Å². The lowest BCUT2D eigenvalue weighted by atomic mass is 10.0. The van der Waals surface area contributed by atoms with Crippen molar-refractivity contribution >= 4 is 43.1 Å². The lowest BCUT2D eigenvalue weighted by Gasteiger charge is -2.23. The molecule has 1 aliphatic rings. The summed E-state index contributed by atoms with van der Waals surface area (Å²) in [7, 11) is -3.47. The molecule has 1 saturated carbocycles. The van der Waals surface area contributed by atoms with Crippen LogP contribution in [0.1, 0.15) is 48.0 Å². The molecule has 1 aliphatic carbocycles. The number of nitrogens with two attached hydrogens (primary N) is 1. The molecule has 0 amide bonds. The topological polar surface area (TPSA) is 89.3 Å². The van der Waals surface area contributed by atoms with Crippen LogP contribution in [0.15, 0.2) is 46.9 Å². The average molecular weight is 437 g/mol. The second-order valence-corrected chi connectivity index (χ2v) is 9.42. The van der Waals surface area contributed by atoms with Crippen molar-refractivity contribution in [2.45, 2.75) is 37.4 Å². The monoisotopic (exact) mass is 436 g/mol. The number of sulfonamides is 1. The Balaban J connectivity index is 1.79. The molecule has 2 aromatic rings. The van der Waals surface area contributed by atoms with Crippen LogP contribution in [-0.4, -0.2) is 19.5 Å². The van der Waals surface area contributed by atoms with E-state index in [1.165, 1.54) is 6.07 Å². The van der Waals surface area contributed by atoms with Crippen molar-refractivity contribution in [2.75, 3.05) is 10.5 Å². The molecule has 0 saturated heterocycles. The van der Waals surface area contributed by atoms with Crippen LogP contribution >= 0.6 is 15.9 Å². The zero-order valence-electron chi connectivity index (χ0n) is 14.2. The largest absolute Gasteiger partial charge is 0.397 e. The minimum Gasteiger partial charge on any atom is -0.397 e. The third-order valence-corrected chi connectivity index (χ3v) is 7.05. The molecule has 0 bridgehead atoms. The molecule has 5 nitrogen and oxygen atoms in total. The summed E-state index contributed by atoms with van der Waals surface area (Å²) < 4.78 is 28.6. The summed E-state index contributed by atoms with van der Waals surface area (Å²) in [5.74, 6) is -0.161. The first-order valence-corrected chi connectivity index (χ1v) is 10.9. The number of rotatable bonds is 5. The number of anilines is 2. The highest BCUT2D eigenvalue weighted by atomic mass is 79.9. The summed E-state index contributed by atoms with van der Waals surface area (Å²) in [6.45, 7) is 0. The van der Waals surface area contributed by atoms with Gasteiger partial charge in [-0.1, -0.05) is 35.2 Å². The van der Waals surface area contributed by atoms with Gasteiger partial charge in [0.1, 0.15) is 0 Å². The third-order valence-electron chi connectivity index (χ3n) is 4.66. The number of ketones is 1. The van der Waals surface area contributed by atoms with E-state index in [9.17, 15) is 13.2 Å². The molecule has 2 aromatic carbocycles. The maximum absolute atomic E-state index is 12.5. The highest BCUT2D eigenvalue weighted by molar-refractivity contribution is 9.10. The van der Waals surface area contributed by atoms with Gasteiger partial charge >= 0.3 is 0 Å². The molecule has 0 radical (unpaired) electrons. The van der Waals surface area contributed by atoms with Crippen LogP contribution in [0.3, 0.4) is 0 Å². The minimum atomic E-state index is -3.47. The number of benzene rings is 2. The van der Waals surface area contributed by atoms with Crippen LogP contribution in [0.4, 0.5) is 11.4 Å². The Morgan fingerprint density at radius 2 is 1.62 bits per heavy atom. The van der Waals surface area contributed by atoms with E-state index < -0.39 is 10.0 Å². The molecule has 0 spiro atoms. The van der Waals surface area contributed by atoms with Gasteiger partial charge in [0.25, 0.3) is 0 Å². The first-order valence-electron chi connectivity index (χ1n) is 8.58. The molecule has 7 heteroatoms. The van der Waals surface area contributed by atoms with Crippen LogP contribution in [0.2, 0.25) is 0 Å². The number of halogens is 1. The van der Waals surface area contributed by atoms with E-state index in [0.717, 1.165) is 23.7 Å². The highest BCUT2D eigenvalue weighted by Crippen LogP contribution is 2.28. The zero-order chi connectivity index (χ0) is 18.7. The summed E-state index contributed by atoms with van der Waals surface area (Å²) >= 11 is 3.34. The number of carbonyl (C=O) groups is 1. The molecule has 3 N–H and O–H groups in total. The fourth-order valence-corrected chi connectivity index (χ4v) is 5.05. The predicted octanol–water partition coefficient (Wildman–Crippen LogP) is 4.34. The Hall–Kier alpha value is -1.86. The molecule has 3 rings (SSSR count). The summed E-state index contributed by atoms with van der Waals surface area (Å²) in [5.41, 5.74) is 7.54. The fourth-order valence-electron chi connectivity index (χ4n) is 3.18. The highest BCUT2D eigenvalue weighted by Gasteiger charge is 2.27. The van der Waals surface area contributed by atoms with E-state index >= 15 is 0 Å². The van der Waals surface area contributed by atoms with Crippen molar-refractivity contribution in [1.29, 1.82) is 0 Å². The van der Waals surface area contributed by atoms with Crippen molar-refractivity contribution < 1.29 is 13.2 Å². The van der Waals surface area contributed by atoms with Gasteiger partial charge in [-0.05, 0) is 55.3 Å². The minimum absolute atomic E-state index is 0.161. The molecule has 0 unspecified atom stereocenters. The summed E-state index contributed by atoms with van der Waals surface area (Å²) in [4.78, 5) is 12.5. The Labute approximate surface area is 162 Å². The molecule has 0 aromatic heterocycles. The molecule has 0 atom stereocenters. The number of carbonyl (C=O) groups excluding carboxylic acids is 1. The quantitative estimate of drug-likeness (QED) is 0.538. The van der Waals surface area contributed by atoms with E-state index in [1.807, 2.05) is 0 Å². The van der Waals surface area contributed by atoms with Crippen molar-refractivity contribution in [3.63, 3.8) is 0 Å². The normalized spacial score (nSPS) is 15.6. The molecule has 138 valence electrons. The predicted molar refractivity (Wildman–Crippen MR) is 108 cm³/mol. The van der Waals surface area contributed by atoms with Gasteiger partial charge in [0.05, 0.1) is 16.6 Å². The van der Waals surface area contributed by atoms with Gasteiger partial charge < -0.3 is 5.73 Å². The van der Waals surface area contributed by atoms with Crippen molar-refractivity contribution in [1.82, 2.24) is 0 Å². The van der Waals surface area contributed by atoms with Crippen LogP contribution in [0.5, 0.6) is 0 Å². The van der Waals surface area contributed by atoms with E-state index in [0.29, 0.717) is 29.7 Å². The molecular formula is C19H21BrN2O3S. The van der Waals surface area contributed by atoms with Gasteiger partial charge in [-0.3, -0.25) is 9.52 Å². The SMILES string of the molecule is Nc1cc(C(=O)c2ccc(Br)cc2)ccc1NS(=O)(=O)C1CCCCC1. The van der Waals surface area contributed by atoms with Gasteiger partial charge in [-0.15, -0.1) is 0 Å². The van der Waals surface area contributed by atoms with Gasteiger partial charge in [0.2, 0.25) is 10.0 Å². The molecular weight excluding hydrogens is 416 g/mol. The van der Waals surface area contributed by atoms with Crippen LogP contribution in [0.25, 0.3) is 0 Å². The van der Waals surface area contributed by atoms with Crippen LogP contribution < -0.4 is 10.5 Å². The second kappa shape index (κ2) is 7.80. The number of hydrogen-bond acceptors (Lipinski definition) is 4.